The topological polar surface area (TPSA) is 55.4 Å². The number of hydrogen-bond acceptors (Lipinski definition) is 6. The maximum atomic E-state index is 5.59. The van der Waals surface area contributed by atoms with Gasteiger partial charge in [0.05, 0.1) is 18.3 Å². The van der Waals surface area contributed by atoms with Crippen molar-refractivity contribution in [2.75, 3.05) is 20.4 Å². The molecule has 0 fully saturated rings. The minimum absolute atomic E-state index is 0.0963. The van der Waals surface area contributed by atoms with E-state index in [0.717, 1.165) is 0 Å². The number of rotatable bonds is 12. The third kappa shape index (κ3) is 9.60. The van der Waals surface area contributed by atoms with Gasteiger partial charge >= 0.3 is 0 Å². The summed E-state index contributed by atoms with van der Waals surface area (Å²) in [5, 5.41) is 0. The molecule has 0 heterocycles. The van der Waals surface area contributed by atoms with Gasteiger partial charge in [0, 0.05) is 18.2 Å². The Morgan fingerprint density at radius 1 is 0.542 bits per heavy atom. The van der Waals surface area contributed by atoms with Crippen LogP contribution in [0.3, 0.4) is 0 Å². The SMILES string of the molecule is CC(C)OCOc1cc(OCOC(C)C)cc(OCOC(C)C)c1. The lowest BCUT2D eigenvalue weighted by Crippen LogP contribution is -2.11. The molecule has 138 valence electrons. The van der Waals surface area contributed by atoms with E-state index in [1.807, 2.05) is 41.5 Å². The second-order valence-electron chi connectivity index (χ2n) is 6.07. The second kappa shape index (κ2) is 11.1. The fourth-order valence-corrected chi connectivity index (χ4v) is 1.51. The van der Waals surface area contributed by atoms with E-state index in [4.69, 9.17) is 28.4 Å². The van der Waals surface area contributed by atoms with E-state index < -0.39 is 0 Å². The van der Waals surface area contributed by atoms with Gasteiger partial charge in [-0.1, -0.05) is 0 Å². The molecule has 1 rings (SSSR count). The van der Waals surface area contributed by atoms with Crippen LogP contribution in [0.1, 0.15) is 41.5 Å². The van der Waals surface area contributed by atoms with Crippen LogP contribution in [-0.2, 0) is 14.2 Å². The maximum Gasteiger partial charge on any atom is 0.189 e. The second-order valence-corrected chi connectivity index (χ2v) is 6.07. The van der Waals surface area contributed by atoms with Gasteiger partial charge in [-0.25, -0.2) is 0 Å². The molecule has 0 aliphatic carbocycles. The first-order valence-electron chi connectivity index (χ1n) is 8.25. The van der Waals surface area contributed by atoms with E-state index >= 15 is 0 Å². The van der Waals surface area contributed by atoms with E-state index in [0.29, 0.717) is 17.2 Å². The molecule has 0 bridgehead atoms. The molecule has 0 saturated carbocycles. The molecule has 0 aliphatic rings. The van der Waals surface area contributed by atoms with Crippen LogP contribution in [0.15, 0.2) is 18.2 Å². The Balaban J connectivity index is 2.68. The molecule has 0 N–H and O–H groups in total. The first kappa shape index (κ1) is 20.5. The van der Waals surface area contributed by atoms with Crippen LogP contribution in [0.2, 0.25) is 0 Å². The lowest BCUT2D eigenvalue weighted by molar-refractivity contribution is -0.0262. The smallest absolute Gasteiger partial charge is 0.189 e. The molecule has 1 aromatic rings. The van der Waals surface area contributed by atoms with E-state index in [1.165, 1.54) is 0 Å². The van der Waals surface area contributed by atoms with Gasteiger partial charge in [-0.3, -0.25) is 0 Å². The molecule has 0 aliphatic heterocycles. The zero-order chi connectivity index (χ0) is 17.9. The maximum absolute atomic E-state index is 5.59. The summed E-state index contributed by atoms with van der Waals surface area (Å²) in [5.74, 6) is 1.78. The van der Waals surface area contributed by atoms with Gasteiger partial charge in [0.15, 0.2) is 20.4 Å². The molecular weight excluding hydrogens is 312 g/mol. The van der Waals surface area contributed by atoms with Crippen molar-refractivity contribution >= 4 is 0 Å². The molecule has 24 heavy (non-hydrogen) atoms. The van der Waals surface area contributed by atoms with Gasteiger partial charge in [0.2, 0.25) is 0 Å². The first-order valence-corrected chi connectivity index (χ1v) is 8.25. The van der Waals surface area contributed by atoms with Gasteiger partial charge < -0.3 is 28.4 Å². The van der Waals surface area contributed by atoms with Crippen LogP contribution >= 0.6 is 0 Å². The minimum atomic E-state index is 0.0963. The Labute approximate surface area is 144 Å². The molecule has 0 atom stereocenters. The fourth-order valence-electron chi connectivity index (χ4n) is 1.51. The van der Waals surface area contributed by atoms with Crippen LogP contribution in [0, 0.1) is 0 Å². The zero-order valence-electron chi connectivity index (χ0n) is 15.5. The van der Waals surface area contributed by atoms with Crippen LogP contribution in [0.4, 0.5) is 0 Å². The normalized spacial score (nSPS) is 11.4. The van der Waals surface area contributed by atoms with E-state index in [1.54, 1.807) is 18.2 Å². The van der Waals surface area contributed by atoms with Gasteiger partial charge in [-0.05, 0) is 41.5 Å². The van der Waals surface area contributed by atoms with Crippen molar-refractivity contribution in [3.63, 3.8) is 0 Å². The first-order chi connectivity index (χ1) is 11.4. The quantitative estimate of drug-likeness (QED) is 0.536. The van der Waals surface area contributed by atoms with E-state index in [9.17, 15) is 0 Å². The Morgan fingerprint density at radius 2 is 0.792 bits per heavy atom. The van der Waals surface area contributed by atoms with Crippen LogP contribution in [0.5, 0.6) is 17.2 Å². The van der Waals surface area contributed by atoms with Gasteiger partial charge in [-0.15, -0.1) is 0 Å². The highest BCUT2D eigenvalue weighted by molar-refractivity contribution is 5.42. The molecule has 0 amide bonds. The summed E-state index contributed by atoms with van der Waals surface area (Å²) in [6, 6.07) is 5.30. The molecular formula is C18H30O6. The highest BCUT2D eigenvalue weighted by Crippen LogP contribution is 2.28. The fraction of sp³-hybridized carbons (Fsp3) is 0.667. The molecule has 0 radical (unpaired) electrons. The lowest BCUT2D eigenvalue weighted by Gasteiger charge is -2.15. The Hall–Kier alpha value is -1.50. The van der Waals surface area contributed by atoms with E-state index in [-0.39, 0.29) is 38.7 Å². The third-order valence-electron chi connectivity index (χ3n) is 2.73. The predicted molar refractivity (Wildman–Crippen MR) is 91.6 cm³/mol. The highest BCUT2D eigenvalue weighted by atomic mass is 16.7. The molecule has 1 aromatic carbocycles. The van der Waals surface area contributed by atoms with E-state index in [2.05, 4.69) is 0 Å². The zero-order valence-corrected chi connectivity index (χ0v) is 15.5. The van der Waals surface area contributed by atoms with Crippen LogP contribution in [0.25, 0.3) is 0 Å². The standard InChI is InChI=1S/C18H30O6/c1-13(2)19-10-22-16-7-17(23-11-20-14(3)4)9-18(8-16)24-12-21-15(5)6/h7-9,13-15H,10-12H2,1-6H3. The lowest BCUT2D eigenvalue weighted by atomic mass is 10.3. The predicted octanol–water partition coefficient (Wildman–Crippen LogP) is 3.97. The molecule has 6 heteroatoms. The number of hydrogen-bond donors (Lipinski definition) is 0. The summed E-state index contributed by atoms with van der Waals surface area (Å²) < 4.78 is 33.0. The summed E-state index contributed by atoms with van der Waals surface area (Å²) in [5.41, 5.74) is 0. The Morgan fingerprint density at radius 3 is 1.00 bits per heavy atom. The Kier molecular flexibility index (Phi) is 9.52. The largest absolute Gasteiger partial charge is 0.467 e. The molecule has 0 aromatic heterocycles. The molecule has 0 saturated heterocycles. The van der Waals surface area contributed by atoms with Crippen molar-refractivity contribution in [3.8, 4) is 17.2 Å². The summed E-state index contributed by atoms with van der Waals surface area (Å²) in [6.45, 7) is 12.2. The summed E-state index contributed by atoms with van der Waals surface area (Å²) in [7, 11) is 0. The monoisotopic (exact) mass is 342 g/mol. The van der Waals surface area contributed by atoms with Crippen molar-refractivity contribution in [1.29, 1.82) is 0 Å². The third-order valence-corrected chi connectivity index (χ3v) is 2.73. The number of benzene rings is 1. The van der Waals surface area contributed by atoms with Crippen LogP contribution < -0.4 is 14.2 Å². The average molecular weight is 342 g/mol. The molecule has 0 spiro atoms. The summed E-state index contributed by atoms with van der Waals surface area (Å²) >= 11 is 0. The van der Waals surface area contributed by atoms with Crippen molar-refractivity contribution in [2.24, 2.45) is 0 Å². The Bertz CT molecular complexity index is 380. The van der Waals surface area contributed by atoms with Crippen molar-refractivity contribution in [1.82, 2.24) is 0 Å². The van der Waals surface area contributed by atoms with Crippen molar-refractivity contribution < 1.29 is 28.4 Å². The van der Waals surface area contributed by atoms with Gasteiger partial charge in [-0.2, -0.15) is 0 Å². The summed E-state index contributed by atoms with van der Waals surface area (Å²) in [4.78, 5) is 0. The van der Waals surface area contributed by atoms with Gasteiger partial charge in [0.1, 0.15) is 17.2 Å². The average Bonchev–Trinajstić information content (AvgIpc) is 2.46. The number of ether oxygens (including phenoxy) is 6. The molecule has 6 nitrogen and oxygen atoms in total. The van der Waals surface area contributed by atoms with Crippen molar-refractivity contribution in [2.45, 2.75) is 59.9 Å². The highest BCUT2D eigenvalue weighted by Gasteiger charge is 2.06. The van der Waals surface area contributed by atoms with Crippen LogP contribution in [-0.4, -0.2) is 38.7 Å². The minimum Gasteiger partial charge on any atom is -0.467 e. The van der Waals surface area contributed by atoms with Crippen molar-refractivity contribution in [3.05, 3.63) is 18.2 Å². The summed E-state index contributed by atoms with van der Waals surface area (Å²) in [6.07, 6.45) is 0.289. The van der Waals surface area contributed by atoms with Gasteiger partial charge in [0.25, 0.3) is 0 Å². The molecule has 0 unspecified atom stereocenters.